The molecule has 0 spiro atoms. The number of carbonyl (C=O) groups is 1. The molecule has 2 aliphatic heterocycles. The van der Waals surface area contributed by atoms with Crippen LogP contribution in [0.15, 0.2) is 34.3 Å². The van der Waals surface area contributed by atoms with Crippen molar-refractivity contribution in [3.8, 4) is 0 Å². The fourth-order valence-electron chi connectivity index (χ4n) is 2.68. The standard InChI is InChI=1S/C16H15F3N4O6/c1-27-13(24)15(16(17,18)19)20-12(10-3-2-4-11(9-10)23(25)26)29-14(21-15)22-5-7-28-8-6-22/h2-4,9H,5-8H2,1H3/t15-/m0/s1. The first-order valence-electron chi connectivity index (χ1n) is 8.28. The zero-order valence-corrected chi connectivity index (χ0v) is 15.0. The molecule has 1 aromatic rings. The summed E-state index contributed by atoms with van der Waals surface area (Å²) in [7, 11) is 0.776. The molecule has 0 amide bonds. The molecule has 10 nitrogen and oxygen atoms in total. The molecule has 3 rings (SSSR count). The lowest BCUT2D eigenvalue weighted by Gasteiger charge is -2.35. The number of morpholine rings is 1. The Morgan fingerprint density at radius 3 is 2.59 bits per heavy atom. The molecule has 0 saturated carbocycles. The molecule has 0 bridgehead atoms. The third kappa shape index (κ3) is 3.85. The molecule has 156 valence electrons. The van der Waals surface area contributed by atoms with Crippen LogP contribution in [0.4, 0.5) is 18.9 Å². The molecule has 0 aromatic heterocycles. The maximum atomic E-state index is 13.9. The molecule has 0 aliphatic carbocycles. The van der Waals surface area contributed by atoms with Crippen molar-refractivity contribution in [2.45, 2.75) is 11.8 Å². The van der Waals surface area contributed by atoms with Gasteiger partial charge in [0.05, 0.1) is 25.2 Å². The summed E-state index contributed by atoms with van der Waals surface area (Å²) >= 11 is 0. The van der Waals surface area contributed by atoms with Gasteiger partial charge < -0.3 is 19.1 Å². The van der Waals surface area contributed by atoms with Gasteiger partial charge in [0, 0.05) is 30.8 Å². The Hall–Kier alpha value is -3.22. The number of nitro groups is 1. The lowest BCUT2D eigenvalue weighted by Crippen LogP contribution is -2.55. The monoisotopic (exact) mass is 416 g/mol. The zero-order valence-electron chi connectivity index (χ0n) is 15.0. The Bertz CT molecular complexity index is 882. The van der Waals surface area contributed by atoms with E-state index < -0.39 is 34.7 Å². The van der Waals surface area contributed by atoms with E-state index in [1.807, 2.05) is 0 Å². The number of carbonyl (C=O) groups excluding carboxylic acids is 1. The highest BCUT2D eigenvalue weighted by atomic mass is 19.4. The minimum atomic E-state index is -5.26. The lowest BCUT2D eigenvalue weighted by molar-refractivity contribution is -0.384. The summed E-state index contributed by atoms with van der Waals surface area (Å²) in [5.41, 5.74) is -4.12. The third-order valence-electron chi connectivity index (χ3n) is 4.16. The highest BCUT2D eigenvalue weighted by molar-refractivity contribution is 6.05. The van der Waals surface area contributed by atoms with E-state index in [9.17, 15) is 28.1 Å². The molecular weight excluding hydrogens is 401 g/mol. The number of rotatable bonds is 3. The lowest BCUT2D eigenvalue weighted by atomic mass is 10.1. The average molecular weight is 416 g/mol. The third-order valence-corrected chi connectivity index (χ3v) is 4.16. The van der Waals surface area contributed by atoms with Gasteiger partial charge in [0.25, 0.3) is 11.7 Å². The first-order valence-corrected chi connectivity index (χ1v) is 8.28. The number of aliphatic imine (C=N–C) groups is 2. The molecule has 0 radical (unpaired) electrons. The fourth-order valence-corrected chi connectivity index (χ4v) is 2.68. The van der Waals surface area contributed by atoms with E-state index >= 15 is 0 Å². The van der Waals surface area contributed by atoms with Crippen molar-refractivity contribution in [3.05, 3.63) is 39.9 Å². The minimum Gasteiger partial charge on any atom is -0.465 e. The molecule has 2 heterocycles. The predicted octanol–water partition coefficient (Wildman–Crippen LogP) is 1.49. The van der Waals surface area contributed by atoms with Crippen molar-refractivity contribution in [2.75, 3.05) is 33.4 Å². The van der Waals surface area contributed by atoms with E-state index in [2.05, 4.69) is 14.7 Å². The van der Waals surface area contributed by atoms with Crippen molar-refractivity contribution in [3.63, 3.8) is 0 Å². The van der Waals surface area contributed by atoms with E-state index in [1.54, 1.807) is 0 Å². The highest BCUT2D eigenvalue weighted by Gasteiger charge is 2.65. The van der Waals surface area contributed by atoms with Crippen LogP contribution >= 0.6 is 0 Å². The molecule has 0 N–H and O–H groups in total. The van der Waals surface area contributed by atoms with Crippen LogP contribution < -0.4 is 0 Å². The van der Waals surface area contributed by atoms with Gasteiger partial charge in [-0.05, 0) is 6.07 Å². The largest absolute Gasteiger partial charge is 0.465 e. The second-order valence-corrected chi connectivity index (χ2v) is 5.98. The van der Waals surface area contributed by atoms with Crippen LogP contribution in [0, 0.1) is 10.1 Å². The van der Waals surface area contributed by atoms with Crippen LogP contribution in [0.25, 0.3) is 0 Å². The van der Waals surface area contributed by atoms with Crippen molar-refractivity contribution >= 4 is 23.6 Å². The molecule has 1 saturated heterocycles. The van der Waals surface area contributed by atoms with E-state index in [0.717, 1.165) is 19.2 Å². The molecule has 29 heavy (non-hydrogen) atoms. The molecule has 1 atom stereocenters. The number of amidine groups is 1. The van der Waals surface area contributed by atoms with E-state index in [0.29, 0.717) is 0 Å². The molecule has 13 heteroatoms. The maximum absolute atomic E-state index is 13.9. The van der Waals surface area contributed by atoms with Crippen LogP contribution in [0.1, 0.15) is 5.56 Å². The number of halogens is 3. The quantitative estimate of drug-likeness (QED) is 0.416. The van der Waals surface area contributed by atoms with Crippen LogP contribution in [0.5, 0.6) is 0 Å². The number of hydrogen-bond donors (Lipinski definition) is 0. The summed E-state index contributed by atoms with van der Waals surface area (Å²) in [6.45, 7) is 0.748. The van der Waals surface area contributed by atoms with Gasteiger partial charge in [-0.25, -0.2) is 4.79 Å². The normalized spacial score (nSPS) is 22.3. The van der Waals surface area contributed by atoms with Crippen LogP contribution in [-0.4, -0.2) is 73.0 Å². The summed E-state index contributed by atoms with van der Waals surface area (Å²) in [5.74, 6) is -2.41. The van der Waals surface area contributed by atoms with Crippen LogP contribution in [0.3, 0.4) is 0 Å². The smallest absolute Gasteiger partial charge is 0.446 e. The SMILES string of the molecule is COC(=O)[C@]1(C(F)(F)F)N=C(c2cccc([N+](=O)[O-])c2)OC(N2CCOCC2)=N1. The number of hydrogen-bond acceptors (Lipinski definition) is 9. The van der Waals surface area contributed by atoms with E-state index in [-0.39, 0.29) is 37.6 Å². The number of non-ortho nitro benzene ring substituents is 1. The first kappa shape index (κ1) is 20.5. The van der Waals surface area contributed by atoms with Gasteiger partial charge in [0.2, 0.25) is 5.90 Å². The summed E-state index contributed by atoms with van der Waals surface area (Å²) in [6, 6.07) is 4.16. The second-order valence-electron chi connectivity index (χ2n) is 5.98. The van der Waals surface area contributed by atoms with Crippen molar-refractivity contribution in [1.29, 1.82) is 0 Å². The average Bonchev–Trinajstić information content (AvgIpc) is 2.72. The maximum Gasteiger partial charge on any atom is 0.446 e. The summed E-state index contributed by atoms with van der Waals surface area (Å²) in [6.07, 6.45) is -5.26. The van der Waals surface area contributed by atoms with Crippen molar-refractivity contribution in [2.24, 2.45) is 9.98 Å². The first-order chi connectivity index (χ1) is 13.7. The van der Waals surface area contributed by atoms with Gasteiger partial charge in [-0.1, -0.05) is 6.07 Å². The summed E-state index contributed by atoms with van der Waals surface area (Å²) in [5, 5.41) is 11.0. The Morgan fingerprint density at radius 1 is 1.31 bits per heavy atom. The molecule has 1 aromatic carbocycles. The number of nitrogens with zero attached hydrogens (tertiary/aromatic N) is 4. The van der Waals surface area contributed by atoms with Gasteiger partial charge in [0.1, 0.15) is 0 Å². The molecule has 0 unspecified atom stereocenters. The minimum absolute atomic E-state index is 0.127. The van der Waals surface area contributed by atoms with Crippen LogP contribution in [0.2, 0.25) is 0 Å². The number of esters is 1. The van der Waals surface area contributed by atoms with E-state index in [4.69, 9.17) is 9.47 Å². The Kier molecular flexibility index (Phi) is 5.42. The van der Waals surface area contributed by atoms with Crippen LogP contribution in [-0.2, 0) is 19.0 Å². The molecule has 1 fully saturated rings. The number of benzene rings is 1. The van der Waals surface area contributed by atoms with Gasteiger partial charge in [-0.15, -0.1) is 0 Å². The number of alkyl halides is 3. The Morgan fingerprint density at radius 2 is 2.00 bits per heavy atom. The summed E-state index contributed by atoms with van der Waals surface area (Å²) < 4.78 is 56.8. The highest BCUT2D eigenvalue weighted by Crippen LogP contribution is 2.39. The van der Waals surface area contributed by atoms with Gasteiger partial charge in [0.15, 0.2) is 0 Å². The molecular formula is C16H15F3N4O6. The van der Waals surface area contributed by atoms with E-state index in [1.165, 1.54) is 17.0 Å². The second kappa shape index (κ2) is 7.66. The Labute approximate surface area is 161 Å². The van der Waals surface area contributed by atoms with Gasteiger partial charge in [-0.3, -0.25) is 10.1 Å². The predicted molar refractivity (Wildman–Crippen MR) is 91.3 cm³/mol. The van der Waals surface area contributed by atoms with Crippen molar-refractivity contribution < 1.29 is 37.1 Å². The summed E-state index contributed by atoms with van der Waals surface area (Å²) in [4.78, 5) is 30.7. The Balaban J connectivity index is 2.15. The fraction of sp³-hybridized carbons (Fsp3) is 0.438. The topological polar surface area (TPSA) is 116 Å². The molecule has 2 aliphatic rings. The zero-order chi connectivity index (χ0) is 21.2. The van der Waals surface area contributed by atoms with Gasteiger partial charge in [-0.2, -0.15) is 23.2 Å². The number of ether oxygens (including phenoxy) is 3. The van der Waals surface area contributed by atoms with Gasteiger partial charge >= 0.3 is 17.8 Å². The number of methoxy groups -OCH3 is 1. The number of nitro benzene ring substituents is 1. The van der Waals surface area contributed by atoms with Crippen molar-refractivity contribution in [1.82, 2.24) is 4.90 Å².